The summed E-state index contributed by atoms with van der Waals surface area (Å²) in [5.74, 6) is 1.75. The van der Waals surface area contributed by atoms with E-state index in [-0.39, 0.29) is 6.04 Å². The van der Waals surface area contributed by atoms with E-state index in [4.69, 9.17) is 9.84 Å². The zero-order valence-corrected chi connectivity index (χ0v) is 15.6. The Labute approximate surface area is 161 Å². The minimum absolute atomic E-state index is 0.315. The molecule has 3 aromatic heterocycles. The van der Waals surface area contributed by atoms with E-state index in [1.54, 1.807) is 30.2 Å². The number of fused-ring (bicyclic) bond motifs is 1. The maximum absolute atomic E-state index is 14.1. The number of rotatable bonds is 5. The van der Waals surface area contributed by atoms with Gasteiger partial charge in [-0.1, -0.05) is 0 Å². The molecule has 146 valence electrons. The van der Waals surface area contributed by atoms with E-state index in [2.05, 4.69) is 25.6 Å². The van der Waals surface area contributed by atoms with Gasteiger partial charge in [0.2, 0.25) is 0 Å². The number of piperidine rings is 1. The Morgan fingerprint density at radius 3 is 2.93 bits per heavy atom. The normalized spacial score (nSPS) is 22.4. The molecule has 2 N–H and O–H groups in total. The standard InChI is InChI=1S/C19H22FN7O/c1-28-16-6-18-23-9-15(27(18)26-19(16)11-2-3-11)14-8-22-10-17(25-14)24-13-7-21-5-4-12(13)20/h6,8-13,21H,2-5,7H2,1H3,(H,24,25)/t12-,13-/m0/s1. The largest absolute Gasteiger partial charge is 0.495 e. The van der Waals surface area contributed by atoms with Crippen molar-refractivity contribution < 1.29 is 9.13 Å². The van der Waals surface area contributed by atoms with Crippen LogP contribution in [-0.4, -0.2) is 57.0 Å². The average Bonchev–Trinajstić information content (AvgIpc) is 3.48. The van der Waals surface area contributed by atoms with Crippen molar-refractivity contribution in [2.75, 3.05) is 25.5 Å². The highest BCUT2D eigenvalue weighted by molar-refractivity contribution is 5.61. The summed E-state index contributed by atoms with van der Waals surface area (Å²) in [5, 5.41) is 11.1. The van der Waals surface area contributed by atoms with Crippen LogP contribution in [0.5, 0.6) is 5.75 Å². The van der Waals surface area contributed by atoms with Crippen LogP contribution in [0.2, 0.25) is 0 Å². The second-order valence-corrected chi connectivity index (χ2v) is 7.33. The lowest BCUT2D eigenvalue weighted by molar-refractivity contribution is 0.241. The van der Waals surface area contributed by atoms with E-state index < -0.39 is 6.17 Å². The number of anilines is 1. The molecular formula is C19H22FN7O. The Bertz CT molecular complexity index is 1000. The van der Waals surface area contributed by atoms with Gasteiger partial charge in [-0.2, -0.15) is 5.10 Å². The number of ether oxygens (including phenoxy) is 1. The first kappa shape index (κ1) is 17.3. The van der Waals surface area contributed by atoms with Gasteiger partial charge in [0.15, 0.2) is 5.65 Å². The van der Waals surface area contributed by atoms with Gasteiger partial charge < -0.3 is 15.4 Å². The second kappa shape index (κ2) is 6.97. The van der Waals surface area contributed by atoms with Crippen LogP contribution in [0.3, 0.4) is 0 Å². The fourth-order valence-corrected chi connectivity index (χ4v) is 3.61. The highest BCUT2D eigenvalue weighted by Gasteiger charge is 2.30. The third-order valence-electron chi connectivity index (χ3n) is 5.30. The van der Waals surface area contributed by atoms with Crippen molar-refractivity contribution in [2.24, 2.45) is 0 Å². The zero-order valence-electron chi connectivity index (χ0n) is 15.6. The van der Waals surface area contributed by atoms with Crippen LogP contribution >= 0.6 is 0 Å². The van der Waals surface area contributed by atoms with E-state index in [1.165, 1.54) is 0 Å². The predicted octanol–water partition coefficient (Wildman–Crippen LogP) is 2.18. The monoisotopic (exact) mass is 383 g/mol. The lowest BCUT2D eigenvalue weighted by Crippen LogP contribution is -2.46. The van der Waals surface area contributed by atoms with Crippen molar-refractivity contribution in [3.05, 3.63) is 30.4 Å². The highest BCUT2D eigenvalue weighted by atomic mass is 19.1. The van der Waals surface area contributed by atoms with Crippen molar-refractivity contribution in [1.29, 1.82) is 0 Å². The van der Waals surface area contributed by atoms with Crippen LogP contribution in [-0.2, 0) is 0 Å². The van der Waals surface area contributed by atoms with Crippen LogP contribution in [0.25, 0.3) is 17.0 Å². The van der Waals surface area contributed by atoms with E-state index in [9.17, 15) is 4.39 Å². The summed E-state index contributed by atoms with van der Waals surface area (Å²) < 4.78 is 21.4. The molecule has 0 amide bonds. The molecule has 2 atom stereocenters. The van der Waals surface area contributed by atoms with Crippen molar-refractivity contribution in [3.63, 3.8) is 0 Å². The molecule has 0 radical (unpaired) electrons. The highest BCUT2D eigenvalue weighted by Crippen LogP contribution is 2.43. The van der Waals surface area contributed by atoms with E-state index in [0.717, 1.165) is 30.0 Å². The number of imidazole rings is 1. The summed E-state index contributed by atoms with van der Waals surface area (Å²) in [5.41, 5.74) is 3.02. The molecule has 0 unspecified atom stereocenters. The maximum atomic E-state index is 14.1. The number of aromatic nitrogens is 5. The van der Waals surface area contributed by atoms with Crippen LogP contribution in [0, 0.1) is 0 Å². The predicted molar refractivity (Wildman–Crippen MR) is 102 cm³/mol. The zero-order chi connectivity index (χ0) is 19.1. The fourth-order valence-electron chi connectivity index (χ4n) is 3.61. The Morgan fingerprint density at radius 2 is 2.14 bits per heavy atom. The summed E-state index contributed by atoms with van der Waals surface area (Å²) in [6.07, 6.45) is 6.84. The van der Waals surface area contributed by atoms with Gasteiger partial charge >= 0.3 is 0 Å². The molecule has 1 saturated heterocycles. The van der Waals surface area contributed by atoms with Crippen molar-refractivity contribution in [1.82, 2.24) is 29.9 Å². The molecule has 2 aliphatic rings. The number of alkyl halides is 1. The number of methoxy groups -OCH3 is 1. The maximum Gasteiger partial charge on any atom is 0.157 e. The van der Waals surface area contributed by atoms with E-state index >= 15 is 0 Å². The third-order valence-corrected chi connectivity index (χ3v) is 5.30. The van der Waals surface area contributed by atoms with Gasteiger partial charge in [0.25, 0.3) is 0 Å². The number of nitrogens with one attached hydrogen (secondary N) is 2. The molecule has 8 nitrogen and oxygen atoms in total. The van der Waals surface area contributed by atoms with Crippen LogP contribution in [0.15, 0.2) is 24.7 Å². The van der Waals surface area contributed by atoms with Gasteiger partial charge in [0.1, 0.15) is 34.8 Å². The Morgan fingerprint density at radius 1 is 1.25 bits per heavy atom. The van der Waals surface area contributed by atoms with Gasteiger partial charge in [-0.05, 0) is 25.8 Å². The van der Waals surface area contributed by atoms with E-state index in [1.807, 2.05) is 6.07 Å². The molecule has 1 aliphatic heterocycles. The summed E-state index contributed by atoms with van der Waals surface area (Å²) in [6, 6.07) is 1.59. The Kier molecular flexibility index (Phi) is 4.31. The van der Waals surface area contributed by atoms with Crippen molar-refractivity contribution in [2.45, 2.75) is 37.4 Å². The fraction of sp³-hybridized carbons (Fsp3) is 0.474. The van der Waals surface area contributed by atoms with Gasteiger partial charge in [-0.3, -0.25) is 4.98 Å². The molecule has 3 aromatic rings. The molecule has 5 rings (SSSR count). The molecule has 2 fully saturated rings. The second-order valence-electron chi connectivity index (χ2n) is 7.33. The summed E-state index contributed by atoms with van der Waals surface area (Å²) in [6.45, 7) is 1.26. The molecule has 0 bridgehead atoms. The summed E-state index contributed by atoms with van der Waals surface area (Å²) in [7, 11) is 1.65. The van der Waals surface area contributed by atoms with Crippen molar-refractivity contribution in [3.8, 4) is 17.1 Å². The van der Waals surface area contributed by atoms with Gasteiger partial charge in [0, 0.05) is 18.5 Å². The molecule has 4 heterocycles. The molecule has 9 heteroatoms. The van der Waals surface area contributed by atoms with Gasteiger partial charge in [-0.25, -0.2) is 18.9 Å². The Balaban J connectivity index is 1.49. The van der Waals surface area contributed by atoms with Crippen LogP contribution in [0.4, 0.5) is 10.2 Å². The number of hydrogen-bond acceptors (Lipinski definition) is 7. The van der Waals surface area contributed by atoms with Crippen LogP contribution in [0.1, 0.15) is 30.9 Å². The smallest absolute Gasteiger partial charge is 0.157 e. The third kappa shape index (κ3) is 3.15. The lowest BCUT2D eigenvalue weighted by atomic mass is 10.1. The van der Waals surface area contributed by atoms with Gasteiger partial charge in [-0.15, -0.1) is 0 Å². The Hall–Kier alpha value is -2.81. The SMILES string of the molecule is COc1cc2ncc(-c3cncc(N[C@H]4CNCC[C@@H]4F)n3)n2nc1C1CC1. The first-order chi connectivity index (χ1) is 13.7. The average molecular weight is 383 g/mol. The lowest BCUT2D eigenvalue weighted by Gasteiger charge is -2.27. The molecule has 1 aliphatic carbocycles. The minimum Gasteiger partial charge on any atom is -0.495 e. The first-order valence-electron chi connectivity index (χ1n) is 9.59. The van der Waals surface area contributed by atoms with Crippen molar-refractivity contribution >= 4 is 11.5 Å². The minimum atomic E-state index is -0.905. The molecular weight excluding hydrogens is 361 g/mol. The molecule has 0 spiro atoms. The van der Waals surface area contributed by atoms with Crippen LogP contribution < -0.4 is 15.4 Å². The number of halogens is 1. The quantitative estimate of drug-likeness (QED) is 0.698. The number of hydrogen-bond donors (Lipinski definition) is 2. The molecule has 1 saturated carbocycles. The first-order valence-corrected chi connectivity index (χ1v) is 9.59. The topological polar surface area (TPSA) is 89.3 Å². The summed E-state index contributed by atoms with van der Waals surface area (Å²) in [4.78, 5) is 13.4. The number of nitrogens with zero attached hydrogens (tertiary/aromatic N) is 5. The molecule has 28 heavy (non-hydrogen) atoms. The summed E-state index contributed by atoms with van der Waals surface area (Å²) >= 11 is 0. The molecule has 0 aromatic carbocycles. The van der Waals surface area contributed by atoms with E-state index in [0.29, 0.717) is 42.6 Å². The van der Waals surface area contributed by atoms with Gasteiger partial charge in [0.05, 0.1) is 31.7 Å².